The van der Waals surface area contributed by atoms with Crippen molar-refractivity contribution in [2.24, 2.45) is 11.8 Å². The lowest BCUT2D eigenvalue weighted by molar-refractivity contribution is -0.143. The molecule has 1 aliphatic carbocycles. The number of piperidine rings is 1. The standard InChI is InChI=1S/C12H19F2N/c13-12(14,8-2-1-3-8)9-6-10-4-5-11(7-9)15-10/h8-11,15H,1-7H2. The highest BCUT2D eigenvalue weighted by molar-refractivity contribution is 4.99. The van der Waals surface area contributed by atoms with Gasteiger partial charge in [-0.05, 0) is 38.5 Å². The molecule has 0 spiro atoms. The Hall–Kier alpha value is -0.180. The van der Waals surface area contributed by atoms with Crippen LogP contribution in [0.3, 0.4) is 0 Å². The largest absolute Gasteiger partial charge is 0.311 e. The van der Waals surface area contributed by atoms with E-state index < -0.39 is 5.92 Å². The molecule has 0 amide bonds. The van der Waals surface area contributed by atoms with Gasteiger partial charge in [0, 0.05) is 23.9 Å². The van der Waals surface area contributed by atoms with E-state index in [9.17, 15) is 8.78 Å². The maximum absolute atomic E-state index is 14.1. The van der Waals surface area contributed by atoms with Gasteiger partial charge in [0.1, 0.15) is 0 Å². The molecule has 3 fully saturated rings. The maximum atomic E-state index is 14.1. The number of rotatable bonds is 2. The molecular weight excluding hydrogens is 196 g/mol. The molecule has 15 heavy (non-hydrogen) atoms. The fourth-order valence-electron chi connectivity index (χ4n) is 3.50. The molecule has 1 nitrogen and oxygen atoms in total. The Labute approximate surface area is 89.6 Å². The summed E-state index contributed by atoms with van der Waals surface area (Å²) >= 11 is 0. The van der Waals surface area contributed by atoms with Gasteiger partial charge in [-0.2, -0.15) is 0 Å². The van der Waals surface area contributed by atoms with Gasteiger partial charge in [0.15, 0.2) is 0 Å². The third kappa shape index (κ3) is 1.59. The van der Waals surface area contributed by atoms with Crippen molar-refractivity contribution in [1.82, 2.24) is 5.32 Å². The minimum absolute atomic E-state index is 0.292. The Morgan fingerprint density at radius 3 is 1.93 bits per heavy atom. The number of hydrogen-bond acceptors (Lipinski definition) is 1. The Kier molecular flexibility index (Phi) is 2.27. The third-order valence-electron chi connectivity index (χ3n) is 4.67. The van der Waals surface area contributed by atoms with Crippen molar-refractivity contribution >= 4 is 0 Å². The highest BCUT2D eigenvalue weighted by Gasteiger charge is 2.52. The molecule has 0 aromatic heterocycles. The lowest BCUT2D eigenvalue weighted by Gasteiger charge is -2.41. The molecule has 0 aromatic carbocycles. The molecule has 0 aromatic rings. The predicted molar refractivity (Wildman–Crippen MR) is 55.0 cm³/mol. The van der Waals surface area contributed by atoms with Crippen LogP contribution >= 0.6 is 0 Å². The number of alkyl halides is 2. The van der Waals surface area contributed by atoms with Crippen molar-refractivity contribution in [3.63, 3.8) is 0 Å². The second-order valence-electron chi connectivity index (χ2n) is 5.61. The minimum atomic E-state index is -2.37. The summed E-state index contributed by atoms with van der Waals surface area (Å²) in [5, 5.41) is 3.43. The monoisotopic (exact) mass is 215 g/mol. The van der Waals surface area contributed by atoms with E-state index in [0.717, 1.165) is 32.1 Å². The summed E-state index contributed by atoms with van der Waals surface area (Å²) < 4.78 is 28.2. The molecule has 1 N–H and O–H groups in total. The number of nitrogens with one attached hydrogen (secondary N) is 1. The van der Waals surface area contributed by atoms with Crippen LogP contribution in [-0.4, -0.2) is 18.0 Å². The van der Waals surface area contributed by atoms with Crippen LogP contribution in [0.15, 0.2) is 0 Å². The van der Waals surface area contributed by atoms with E-state index in [1.165, 1.54) is 0 Å². The van der Waals surface area contributed by atoms with Gasteiger partial charge in [-0.25, -0.2) is 8.78 Å². The predicted octanol–water partition coefficient (Wildman–Crippen LogP) is 2.95. The quantitative estimate of drug-likeness (QED) is 0.746. The second-order valence-corrected chi connectivity index (χ2v) is 5.61. The van der Waals surface area contributed by atoms with E-state index in [0.29, 0.717) is 24.9 Å². The van der Waals surface area contributed by atoms with E-state index in [1.54, 1.807) is 0 Å². The summed E-state index contributed by atoms with van der Waals surface area (Å²) in [6.07, 6.45) is 6.17. The van der Waals surface area contributed by atoms with E-state index >= 15 is 0 Å². The van der Waals surface area contributed by atoms with Crippen LogP contribution in [0.25, 0.3) is 0 Å². The molecule has 3 heteroatoms. The second kappa shape index (κ2) is 3.41. The molecule has 3 rings (SSSR count). The minimum Gasteiger partial charge on any atom is -0.311 e. The molecule has 2 heterocycles. The highest BCUT2D eigenvalue weighted by atomic mass is 19.3. The van der Waals surface area contributed by atoms with Gasteiger partial charge in [0.2, 0.25) is 0 Å². The first-order valence-corrected chi connectivity index (χ1v) is 6.30. The zero-order valence-corrected chi connectivity index (χ0v) is 9.02. The zero-order chi connectivity index (χ0) is 10.5. The molecule has 2 saturated heterocycles. The lowest BCUT2D eigenvalue weighted by atomic mass is 9.72. The Balaban J connectivity index is 1.70. The van der Waals surface area contributed by atoms with Gasteiger partial charge < -0.3 is 5.32 Å². The SMILES string of the molecule is FC(F)(C1CCC1)C1CC2CCC(C1)N2. The molecule has 2 atom stereocenters. The lowest BCUT2D eigenvalue weighted by Crippen LogP contribution is -2.48. The molecule has 1 saturated carbocycles. The van der Waals surface area contributed by atoms with E-state index in [4.69, 9.17) is 0 Å². The van der Waals surface area contributed by atoms with Gasteiger partial charge in [0.05, 0.1) is 0 Å². The van der Waals surface area contributed by atoms with Crippen LogP contribution in [0.4, 0.5) is 8.78 Å². The average molecular weight is 215 g/mol. The first kappa shape index (κ1) is 10.0. The van der Waals surface area contributed by atoms with Gasteiger partial charge in [-0.1, -0.05) is 6.42 Å². The summed E-state index contributed by atoms with van der Waals surface area (Å²) in [5.41, 5.74) is 0. The van der Waals surface area contributed by atoms with Crippen LogP contribution in [-0.2, 0) is 0 Å². The Morgan fingerprint density at radius 2 is 1.47 bits per heavy atom. The Bertz CT molecular complexity index is 238. The smallest absolute Gasteiger partial charge is 0.253 e. The van der Waals surface area contributed by atoms with E-state index in [1.807, 2.05) is 0 Å². The van der Waals surface area contributed by atoms with Crippen LogP contribution in [0.5, 0.6) is 0 Å². The van der Waals surface area contributed by atoms with Crippen LogP contribution < -0.4 is 5.32 Å². The third-order valence-corrected chi connectivity index (χ3v) is 4.67. The molecule has 2 aliphatic heterocycles. The van der Waals surface area contributed by atoms with E-state index in [2.05, 4.69) is 5.32 Å². The zero-order valence-electron chi connectivity index (χ0n) is 9.02. The molecule has 0 radical (unpaired) electrons. The van der Waals surface area contributed by atoms with Gasteiger partial charge in [0.25, 0.3) is 5.92 Å². The molecular formula is C12H19F2N. The Morgan fingerprint density at radius 1 is 0.867 bits per heavy atom. The number of hydrogen-bond donors (Lipinski definition) is 1. The number of halogens is 2. The molecule has 2 unspecified atom stereocenters. The normalized spacial score (nSPS) is 41.6. The van der Waals surface area contributed by atoms with Crippen molar-refractivity contribution in [2.75, 3.05) is 0 Å². The average Bonchev–Trinajstić information content (AvgIpc) is 2.41. The summed E-state index contributed by atoms with van der Waals surface area (Å²) in [5.74, 6) is -3.00. The van der Waals surface area contributed by atoms with Crippen molar-refractivity contribution in [3.8, 4) is 0 Å². The summed E-state index contributed by atoms with van der Waals surface area (Å²) in [6, 6.07) is 0.777. The molecule has 2 bridgehead atoms. The maximum Gasteiger partial charge on any atom is 0.253 e. The van der Waals surface area contributed by atoms with Crippen molar-refractivity contribution in [3.05, 3.63) is 0 Å². The van der Waals surface area contributed by atoms with Crippen molar-refractivity contribution in [1.29, 1.82) is 0 Å². The molecule has 3 aliphatic rings. The fourth-order valence-corrected chi connectivity index (χ4v) is 3.50. The summed E-state index contributed by atoms with van der Waals surface area (Å²) in [7, 11) is 0. The first-order chi connectivity index (χ1) is 7.16. The first-order valence-electron chi connectivity index (χ1n) is 6.30. The topological polar surface area (TPSA) is 12.0 Å². The van der Waals surface area contributed by atoms with Crippen LogP contribution in [0.1, 0.15) is 44.9 Å². The summed E-state index contributed by atoms with van der Waals surface area (Å²) in [6.45, 7) is 0. The van der Waals surface area contributed by atoms with Crippen molar-refractivity contribution in [2.45, 2.75) is 63.0 Å². The highest BCUT2D eigenvalue weighted by Crippen LogP contribution is 2.49. The number of fused-ring (bicyclic) bond motifs is 2. The van der Waals surface area contributed by atoms with Gasteiger partial charge in [-0.15, -0.1) is 0 Å². The fraction of sp³-hybridized carbons (Fsp3) is 1.00. The van der Waals surface area contributed by atoms with E-state index in [-0.39, 0.29) is 11.8 Å². The van der Waals surface area contributed by atoms with Crippen molar-refractivity contribution < 1.29 is 8.78 Å². The molecule has 86 valence electrons. The summed E-state index contributed by atoms with van der Waals surface area (Å²) in [4.78, 5) is 0. The van der Waals surface area contributed by atoms with Crippen LogP contribution in [0, 0.1) is 11.8 Å². The van der Waals surface area contributed by atoms with Gasteiger partial charge in [-0.3, -0.25) is 0 Å². The van der Waals surface area contributed by atoms with Crippen LogP contribution in [0.2, 0.25) is 0 Å². The van der Waals surface area contributed by atoms with Gasteiger partial charge >= 0.3 is 0 Å².